The number of nitrogens with one attached hydrogen (secondary N) is 2. The minimum Gasteiger partial charge on any atom is -0.356 e. The van der Waals surface area contributed by atoms with Gasteiger partial charge in [0.05, 0.1) is 4.92 Å². The van der Waals surface area contributed by atoms with Crippen LogP contribution in [0.1, 0.15) is 18.2 Å². The van der Waals surface area contributed by atoms with Gasteiger partial charge in [-0.2, -0.15) is 0 Å². The van der Waals surface area contributed by atoms with Gasteiger partial charge in [-0.05, 0) is 13.0 Å². The summed E-state index contributed by atoms with van der Waals surface area (Å²) in [5.41, 5.74) is 0. The highest BCUT2D eigenvalue weighted by molar-refractivity contribution is 7.15. The maximum absolute atomic E-state index is 11.1. The zero-order valence-electron chi connectivity index (χ0n) is 9.56. The third kappa shape index (κ3) is 4.92. The Kier molecular flexibility index (Phi) is 5.58. The Morgan fingerprint density at radius 1 is 1.53 bits per heavy atom. The summed E-state index contributed by atoms with van der Waals surface area (Å²) >= 11 is 1.15. The topological polar surface area (TPSA) is 84.3 Å². The molecule has 17 heavy (non-hydrogen) atoms. The fourth-order valence-corrected chi connectivity index (χ4v) is 2.05. The van der Waals surface area contributed by atoms with Crippen LogP contribution in [0.4, 0.5) is 5.00 Å². The van der Waals surface area contributed by atoms with Crippen molar-refractivity contribution < 1.29 is 9.72 Å². The van der Waals surface area contributed by atoms with E-state index in [2.05, 4.69) is 10.6 Å². The molecule has 0 radical (unpaired) electrons. The number of amides is 1. The minimum absolute atomic E-state index is 0.0113. The number of thiophene rings is 1. The van der Waals surface area contributed by atoms with Crippen LogP contribution in [0.5, 0.6) is 0 Å². The van der Waals surface area contributed by atoms with Crippen molar-refractivity contribution in [3.63, 3.8) is 0 Å². The maximum atomic E-state index is 11.1. The molecule has 0 fully saturated rings. The highest BCUT2D eigenvalue weighted by atomic mass is 32.1. The Balaban J connectivity index is 2.22. The lowest BCUT2D eigenvalue weighted by Gasteiger charge is -2.03. The van der Waals surface area contributed by atoms with Crippen LogP contribution in [-0.4, -0.2) is 23.9 Å². The van der Waals surface area contributed by atoms with Crippen molar-refractivity contribution in [3.05, 3.63) is 27.1 Å². The van der Waals surface area contributed by atoms with E-state index >= 15 is 0 Å². The Bertz CT molecular complexity index is 392. The number of rotatable bonds is 7. The fraction of sp³-hybridized carbons (Fsp3) is 0.500. The monoisotopic (exact) mass is 257 g/mol. The Labute approximate surface area is 103 Å². The summed E-state index contributed by atoms with van der Waals surface area (Å²) in [5, 5.41) is 16.4. The van der Waals surface area contributed by atoms with Crippen LogP contribution in [-0.2, 0) is 11.3 Å². The molecule has 2 N–H and O–H groups in total. The second-order valence-corrected chi connectivity index (χ2v) is 4.52. The standard InChI is InChI=1S/C10H15N3O3S/c1-2-12-9(14)5-6-11-7-8-3-4-10(17-8)13(15)16/h3-4,11H,2,5-7H2,1H3,(H,12,14). The summed E-state index contributed by atoms with van der Waals surface area (Å²) in [5.74, 6) is 0.0113. The molecule has 0 spiro atoms. The molecule has 1 amide bonds. The molecule has 0 aliphatic rings. The van der Waals surface area contributed by atoms with E-state index in [0.717, 1.165) is 16.2 Å². The second-order valence-electron chi connectivity index (χ2n) is 3.38. The van der Waals surface area contributed by atoms with Crippen molar-refractivity contribution in [2.75, 3.05) is 13.1 Å². The van der Waals surface area contributed by atoms with Crippen molar-refractivity contribution in [1.29, 1.82) is 0 Å². The van der Waals surface area contributed by atoms with Crippen LogP contribution < -0.4 is 10.6 Å². The van der Waals surface area contributed by atoms with Gasteiger partial charge in [0.2, 0.25) is 5.91 Å². The van der Waals surface area contributed by atoms with Crippen LogP contribution in [0.15, 0.2) is 12.1 Å². The lowest BCUT2D eigenvalue weighted by atomic mass is 10.4. The van der Waals surface area contributed by atoms with Gasteiger partial charge in [-0.3, -0.25) is 14.9 Å². The molecule has 6 nitrogen and oxygen atoms in total. The van der Waals surface area contributed by atoms with E-state index < -0.39 is 4.92 Å². The van der Waals surface area contributed by atoms with Crippen molar-refractivity contribution in [2.24, 2.45) is 0 Å². The van der Waals surface area contributed by atoms with Crippen molar-refractivity contribution in [1.82, 2.24) is 10.6 Å². The maximum Gasteiger partial charge on any atom is 0.324 e. The average Bonchev–Trinajstić information content (AvgIpc) is 2.73. The Morgan fingerprint density at radius 2 is 2.29 bits per heavy atom. The van der Waals surface area contributed by atoms with Crippen molar-refractivity contribution >= 4 is 22.2 Å². The molecule has 0 saturated heterocycles. The molecule has 1 rings (SSSR count). The lowest BCUT2D eigenvalue weighted by Crippen LogP contribution is -2.27. The fourth-order valence-electron chi connectivity index (χ4n) is 1.26. The normalized spacial score (nSPS) is 10.2. The van der Waals surface area contributed by atoms with Crippen molar-refractivity contribution in [3.8, 4) is 0 Å². The van der Waals surface area contributed by atoms with Gasteiger partial charge in [0.1, 0.15) is 0 Å². The second kappa shape index (κ2) is 6.97. The highest BCUT2D eigenvalue weighted by Gasteiger charge is 2.09. The molecule has 1 aromatic rings. The third-order valence-electron chi connectivity index (χ3n) is 2.03. The van der Waals surface area contributed by atoms with Crippen molar-refractivity contribution in [2.45, 2.75) is 19.9 Å². The van der Waals surface area contributed by atoms with Gasteiger partial charge < -0.3 is 10.6 Å². The first-order valence-electron chi connectivity index (χ1n) is 5.34. The zero-order chi connectivity index (χ0) is 12.7. The molecule has 94 valence electrons. The number of nitrogens with zero attached hydrogens (tertiary/aromatic N) is 1. The average molecular weight is 257 g/mol. The smallest absolute Gasteiger partial charge is 0.324 e. The van der Waals surface area contributed by atoms with Gasteiger partial charge in [-0.25, -0.2) is 0 Å². The van der Waals surface area contributed by atoms with Gasteiger partial charge >= 0.3 is 5.00 Å². The van der Waals surface area contributed by atoms with Crippen LogP contribution in [0, 0.1) is 10.1 Å². The van der Waals surface area contributed by atoms with E-state index in [1.165, 1.54) is 6.07 Å². The lowest BCUT2D eigenvalue weighted by molar-refractivity contribution is -0.380. The molecule has 0 atom stereocenters. The Hall–Kier alpha value is -1.47. The zero-order valence-corrected chi connectivity index (χ0v) is 10.4. The quantitative estimate of drug-likeness (QED) is 0.437. The van der Waals surface area contributed by atoms with Gasteiger partial charge in [0.25, 0.3) is 0 Å². The van der Waals surface area contributed by atoms with Crippen LogP contribution in [0.25, 0.3) is 0 Å². The molecule has 0 aliphatic heterocycles. The van der Waals surface area contributed by atoms with Gasteiger partial charge in [0.15, 0.2) is 0 Å². The summed E-state index contributed by atoms with van der Waals surface area (Å²) in [7, 11) is 0. The Morgan fingerprint density at radius 3 is 2.88 bits per heavy atom. The van der Waals surface area contributed by atoms with E-state index in [4.69, 9.17) is 0 Å². The SMILES string of the molecule is CCNC(=O)CCNCc1ccc([N+](=O)[O-])s1. The molecule has 0 aliphatic carbocycles. The first-order valence-corrected chi connectivity index (χ1v) is 6.15. The molecule has 0 unspecified atom stereocenters. The summed E-state index contributed by atoms with van der Waals surface area (Å²) in [6.45, 7) is 3.63. The molecular formula is C10H15N3O3S. The van der Waals surface area contributed by atoms with E-state index in [1.807, 2.05) is 6.92 Å². The molecule has 1 heterocycles. The van der Waals surface area contributed by atoms with E-state index in [1.54, 1.807) is 6.07 Å². The molecule has 0 saturated carbocycles. The summed E-state index contributed by atoms with van der Waals surface area (Å²) in [6.07, 6.45) is 0.418. The van der Waals surface area contributed by atoms with Gasteiger partial charge in [0, 0.05) is 37.0 Å². The van der Waals surface area contributed by atoms with E-state index in [9.17, 15) is 14.9 Å². The molecule has 0 aromatic carbocycles. The molecule has 7 heteroatoms. The van der Waals surface area contributed by atoms with Crippen LogP contribution >= 0.6 is 11.3 Å². The summed E-state index contributed by atoms with van der Waals surface area (Å²) in [6, 6.07) is 3.22. The number of carbonyl (C=O) groups is 1. The largest absolute Gasteiger partial charge is 0.356 e. The van der Waals surface area contributed by atoms with Gasteiger partial charge in [-0.1, -0.05) is 11.3 Å². The number of nitro groups is 1. The third-order valence-corrected chi connectivity index (χ3v) is 3.07. The van der Waals surface area contributed by atoms with Crippen LogP contribution in [0.3, 0.4) is 0 Å². The van der Waals surface area contributed by atoms with E-state index in [0.29, 0.717) is 26.1 Å². The molecule has 1 aromatic heterocycles. The first-order chi connectivity index (χ1) is 8.13. The number of hydrogen-bond donors (Lipinski definition) is 2. The predicted octanol–water partition coefficient (Wildman–Crippen LogP) is 1.27. The molecule has 0 bridgehead atoms. The first kappa shape index (κ1) is 13.6. The van der Waals surface area contributed by atoms with Gasteiger partial charge in [-0.15, -0.1) is 0 Å². The highest BCUT2D eigenvalue weighted by Crippen LogP contribution is 2.23. The van der Waals surface area contributed by atoms with E-state index in [-0.39, 0.29) is 10.9 Å². The number of carbonyl (C=O) groups excluding carboxylic acids is 1. The predicted molar refractivity (Wildman–Crippen MR) is 66.0 cm³/mol. The molecular weight excluding hydrogens is 242 g/mol. The summed E-state index contributed by atoms with van der Waals surface area (Å²) < 4.78 is 0. The van der Waals surface area contributed by atoms with Crippen LogP contribution in [0.2, 0.25) is 0 Å². The minimum atomic E-state index is -0.400. The summed E-state index contributed by atoms with van der Waals surface area (Å²) in [4.78, 5) is 22.1. The number of hydrogen-bond acceptors (Lipinski definition) is 5.